The molecule has 0 spiro atoms. The van der Waals surface area contributed by atoms with Gasteiger partial charge in [-0.15, -0.1) is 11.3 Å². The Morgan fingerprint density at radius 3 is 3.11 bits per heavy atom. The van der Waals surface area contributed by atoms with Crippen LogP contribution in [0.25, 0.3) is 0 Å². The summed E-state index contributed by atoms with van der Waals surface area (Å²) in [4.78, 5) is 4.31. The number of methoxy groups -OCH3 is 1. The second-order valence-corrected chi connectivity index (χ2v) is 6.63. The van der Waals surface area contributed by atoms with Crippen LogP contribution in [-0.4, -0.2) is 17.3 Å². The van der Waals surface area contributed by atoms with E-state index in [0.717, 1.165) is 16.5 Å². The van der Waals surface area contributed by atoms with Gasteiger partial charge < -0.3 is 10.5 Å². The highest BCUT2D eigenvalue weighted by atomic mass is 32.2. The predicted molar refractivity (Wildman–Crippen MR) is 75.4 cm³/mol. The molecule has 18 heavy (non-hydrogen) atoms. The molecule has 3 nitrogen and oxygen atoms in total. The van der Waals surface area contributed by atoms with E-state index in [4.69, 9.17) is 10.5 Å². The molecule has 1 heterocycles. The summed E-state index contributed by atoms with van der Waals surface area (Å²) in [5.74, 6) is 0.879. The number of benzene rings is 1. The van der Waals surface area contributed by atoms with Crippen LogP contribution < -0.4 is 10.5 Å². The minimum Gasteiger partial charge on any atom is -0.497 e. The molecule has 2 atom stereocenters. The van der Waals surface area contributed by atoms with Crippen LogP contribution >= 0.6 is 23.1 Å². The fourth-order valence-electron chi connectivity index (χ4n) is 2.25. The Bertz CT molecular complexity index is 542. The Morgan fingerprint density at radius 2 is 2.39 bits per heavy atom. The zero-order valence-electron chi connectivity index (χ0n) is 10.00. The molecule has 1 aliphatic rings. The number of nitrogens with zero attached hydrogens (tertiary/aromatic N) is 1. The molecule has 0 saturated carbocycles. The summed E-state index contributed by atoms with van der Waals surface area (Å²) in [7, 11) is 1.68. The first-order valence-electron chi connectivity index (χ1n) is 5.76. The largest absolute Gasteiger partial charge is 0.497 e. The Hall–Kier alpha value is -1.04. The van der Waals surface area contributed by atoms with E-state index in [0.29, 0.717) is 5.25 Å². The zero-order chi connectivity index (χ0) is 12.5. The van der Waals surface area contributed by atoms with Crippen molar-refractivity contribution in [1.82, 2.24) is 4.98 Å². The van der Waals surface area contributed by atoms with Gasteiger partial charge in [-0.3, -0.25) is 0 Å². The summed E-state index contributed by atoms with van der Waals surface area (Å²) < 4.78 is 6.35. The van der Waals surface area contributed by atoms with Gasteiger partial charge in [0.2, 0.25) is 0 Å². The predicted octanol–water partition coefficient (Wildman–Crippen LogP) is 2.87. The van der Waals surface area contributed by atoms with Crippen molar-refractivity contribution >= 4 is 23.1 Å². The molecule has 2 aromatic rings. The quantitative estimate of drug-likeness (QED) is 0.938. The molecule has 0 radical (unpaired) electrons. The maximum Gasteiger partial charge on any atom is 0.150 e. The monoisotopic (exact) mass is 278 g/mol. The number of nitrogens with two attached hydrogens (primary N) is 1. The van der Waals surface area contributed by atoms with Crippen LogP contribution in [0.5, 0.6) is 5.75 Å². The lowest BCUT2D eigenvalue weighted by Gasteiger charge is -2.13. The van der Waals surface area contributed by atoms with Gasteiger partial charge >= 0.3 is 0 Å². The molecular formula is C13H14N2OS2. The standard InChI is InChI=1S/C13H14N2OS2/c1-16-9-3-2-8-6-11(12(14)10(8)7-9)18-13-15-4-5-17-13/h2-5,7,11-12H,6,14H2,1H3. The van der Waals surface area contributed by atoms with Crippen LogP contribution in [0.3, 0.4) is 0 Å². The molecule has 2 N–H and O–H groups in total. The molecule has 5 heteroatoms. The first-order chi connectivity index (χ1) is 8.78. The van der Waals surface area contributed by atoms with Gasteiger partial charge in [-0.05, 0) is 29.7 Å². The lowest BCUT2D eigenvalue weighted by molar-refractivity contribution is 0.414. The lowest BCUT2D eigenvalue weighted by atomic mass is 10.1. The number of ether oxygens (including phenoxy) is 1. The molecule has 0 saturated heterocycles. The van der Waals surface area contributed by atoms with E-state index in [-0.39, 0.29) is 6.04 Å². The molecular weight excluding hydrogens is 264 g/mol. The summed E-state index contributed by atoms with van der Waals surface area (Å²) >= 11 is 3.45. The van der Waals surface area contributed by atoms with E-state index in [1.54, 1.807) is 30.2 Å². The van der Waals surface area contributed by atoms with Crippen LogP contribution in [-0.2, 0) is 6.42 Å². The normalized spacial score (nSPS) is 21.9. The van der Waals surface area contributed by atoms with E-state index >= 15 is 0 Å². The number of aromatic nitrogens is 1. The zero-order valence-corrected chi connectivity index (χ0v) is 11.6. The summed E-state index contributed by atoms with van der Waals surface area (Å²) in [6.07, 6.45) is 2.84. The van der Waals surface area contributed by atoms with E-state index < -0.39 is 0 Å². The molecule has 94 valence electrons. The molecule has 0 bridgehead atoms. The van der Waals surface area contributed by atoms with Gasteiger partial charge in [0.1, 0.15) is 10.1 Å². The smallest absolute Gasteiger partial charge is 0.150 e. The van der Waals surface area contributed by atoms with E-state index in [9.17, 15) is 0 Å². The van der Waals surface area contributed by atoms with Crippen molar-refractivity contribution < 1.29 is 4.74 Å². The molecule has 0 aliphatic heterocycles. The van der Waals surface area contributed by atoms with Crippen molar-refractivity contribution in [3.05, 3.63) is 40.9 Å². The van der Waals surface area contributed by atoms with Crippen LogP contribution in [0, 0.1) is 0 Å². The molecule has 1 aromatic heterocycles. The van der Waals surface area contributed by atoms with Crippen LogP contribution in [0.2, 0.25) is 0 Å². The van der Waals surface area contributed by atoms with Crippen LogP contribution in [0.1, 0.15) is 17.2 Å². The molecule has 2 unspecified atom stereocenters. The summed E-state index contributed by atoms with van der Waals surface area (Å²) in [6.45, 7) is 0. The van der Waals surface area contributed by atoms with Gasteiger partial charge in [-0.1, -0.05) is 17.8 Å². The highest BCUT2D eigenvalue weighted by molar-refractivity contribution is 8.01. The third-order valence-electron chi connectivity index (χ3n) is 3.20. The average molecular weight is 278 g/mol. The second-order valence-electron chi connectivity index (χ2n) is 4.25. The minimum absolute atomic E-state index is 0.0593. The molecule has 0 amide bonds. The number of hydrogen-bond donors (Lipinski definition) is 1. The van der Waals surface area contributed by atoms with Crippen LogP contribution in [0.4, 0.5) is 0 Å². The van der Waals surface area contributed by atoms with Gasteiger partial charge in [-0.2, -0.15) is 0 Å². The van der Waals surface area contributed by atoms with Crippen LogP contribution in [0.15, 0.2) is 34.1 Å². The topological polar surface area (TPSA) is 48.1 Å². The van der Waals surface area contributed by atoms with Crippen molar-refractivity contribution in [3.63, 3.8) is 0 Å². The molecule has 3 rings (SSSR count). The number of hydrogen-bond acceptors (Lipinski definition) is 5. The van der Waals surface area contributed by atoms with Gasteiger partial charge in [-0.25, -0.2) is 4.98 Å². The van der Waals surface area contributed by atoms with Crippen molar-refractivity contribution in [2.24, 2.45) is 5.73 Å². The molecule has 1 aliphatic carbocycles. The minimum atomic E-state index is 0.0593. The number of rotatable bonds is 3. The summed E-state index contributed by atoms with van der Waals surface area (Å²) in [6, 6.07) is 6.24. The van der Waals surface area contributed by atoms with Gasteiger partial charge in [0.05, 0.1) is 7.11 Å². The summed E-state index contributed by atoms with van der Waals surface area (Å²) in [5, 5.41) is 2.37. The first-order valence-corrected chi connectivity index (χ1v) is 7.52. The third kappa shape index (κ3) is 2.13. The molecule has 0 fully saturated rings. The van der Waals surface area contributed by atoms with E-state index in [2.05, 4.69) is 17.1 Å². The van der Waals surface area contributed by atoms with Crippen molar-refractivity contribution in [2.75, 3.05) is 7.11 Å². The number of thiazole rings is 1. The van der Waals surface area contributed by atoms with Crippen molar-refractivity contribution in [3.8, 4) is 5.75 Å². The second kappa shape index (κ2) is 4.91. The van der Waals surface area contributed by atoms with Gasteiger partial charge in [0, 0.05) is 22.9 Å². The fourth-order valence-corrected chi connectivity index (χ4v) is 4.31. The fraction of sp³-hybridized carbons (Fsp3) is 0.308. The highest BCUT2D eigenvalue weighted by Crippen LogP contribution is 2.41. The maximum atomic E-state index is 6.33. The first kappa shape index (κ1) is 12.0. The average Bonchev–Trinajstić information content (AvgIpc) is 2.99. The van der Waals surface area contributed by atoms with Crippen molar-refractivity contribution in [2.45, 2.75) is 22.1 Å². The van der Waals surface area contributed by atoms with Crippen molar-refractivity contribution in [1.29, 1.82) is 0 Å². The SMILES string of the molecule is COc1ccc2c(c1)C(N)C(Sc1nccs1)C2. The van der Waals surface area contributed by atoms with E-state index in [1.165, 1.54) is 11.1 Å². The van der Waals surface area contributed by atoms with E-state index in [1.807, 2.05) is 17.6 Å². The van der Waals surface area contributed by atoms with Gasteiger partial charge in [0.15, 0.2) is 0 Å². The number of fused-ring (bicyclic) bond motifs is 1. The Balaban J connectivity index is 1.82. The summed E-state index contributed by atoms with van der Waals surface area (Å²) in [5.41, 5.74) is 8.87. The Kier molecular flexibility index (Phi) is 3.28. The highest BCUT2D eigenvalue weighted by Gasteiger charge is 2.31. The lowest BCUT2D eigenvalue weighted by Crippen LogP contribution is -2.18. The maximum absolute atomic E-state index is 6.33. The Morgan fingerprint density at radius 1 is 1.50 bits per heavy atom. The van der Waals surface area contributed by atoms with Gasteiger partial charge in [0.25, 0.3) is 0 Å². The molecule has 1 aromatic carbocycles. The number of thioether (sulfide) groups is 1. The Labute approximate surface area is 114 Å². The third-order valence-corrected chi connectivity index (χ3v) is 5.41.